The molecule has 0 aliphatic carbocycles. The minimum absolute atomic E-state index is 0.513. The molecule has 0 amide bonds. The molecule has 2 heterocycles. The van der Waals surface area contributed by atoms with Gasteiger partial charge in [-0.05, 0) is 31.4 Å². The van der Waals surface area contributed by atoms with Crippen LogP contribution in [0.1, 0.15) is 37.4 Å². The summed E-state index contributed by atoms with van der Waals surface area (Å²) in [5.74, 6) is 0. The molecule has 2 nitrogen and oxygen atoms in total. The van der Waals surface area contributed by atoms with Crippen LogP contribution in [0.5, 0.6) is 0 Å². The molecule has 0 radical (unpaired) electrons. The predicted octanol–water partition coefficient (Wildman–Crippen LogP) is 1.37. The molecule has 0 bridgehead atoms. The number of nitrogens with one attached hydrogen (secondary N) is 1. The van der Waals surface area contributed by atoms with E-state index in [2.05, 4.69) is 24.2 Å². The van der Waals surface area contributed by atoms with Crippen molar-refractivity contribution in [2.24, 2.45) is 0 Å². The van der Waals surface area contributed by atoms with Crippen molar-refractivity contribution < 1.29 is 4.90 Å². The van der Waals surface area contributed by atoms with Crippen LogP contribution in [0.3, 0.4) is 0 Å². The molecular formula is C12H18N2. The highest BCUT2D eigenvalue weighted by atomic mass is 15.1. The summed E-state index contributed by atoms with van der Waals surface area (Å²) >= 11 is 0. The summed E-state index contributed by atoms with van der Waals surface area (Å²) in [4.78, 5) is 5.81. The molecule has 14 heavy (non-hydrogen) atoms. The molecule has 1 fully saturated rings. The molecule has 2 rings (SSSR count). The fraction of sp³-hybridized carbons (Fsp3) is 0.500. The molecule has 1 saturated heterocycles. The third-order valence-electron chi connectivity index (χ3n) is 3.03. The van der Waals surface area contributed by atoms with Crippen molar-refractivity contribution in [2.45, 2.75) is 31.7 Å². The van der Waals surface area contributed by atoms with Crippen LogP contribution in [0.4, 0.5) is 0 Å². The first-order valence-electron chi connectivity index (χ1n) is 5.46. The van der Waals surface area contributed by atoms with E-state index < -0.39 is 0 Å². The maximum atomic E-state index is 4.43. The fourth-order valence-corrected chi connectivity index (χ4v) is 2.19. The lowest BCUT2D eigenvalue weighted by atomic mass is 10.1. The summed E-state index contributed by atoms with van der Waals surface area (Å²) in [5.41, 5.74) is 1.21. The number of hydrogen-bond acceptors (Lipinski definition) is 1. The number of pyridine rings is 1. The van der Waals surface area contributed by atoms with Crippen LogP contribution in [0, 0.1) is 7.05 Å². The van der Waals surface area contributed by atoms with Crippen LogP contribution < -0.4 is 4.90 Å². The molecule has 1 aromatic rings. The molecular weight excluding hydrogens is 172 g/mol. The van der Waals surface area contributed by atoms with E-state index in [9.17, 15) is 0 Å². The van der Waals surface area contributed by atoms with Gasteiger partial charge in [0.1, 0.15) is 6.04 Å². The van der Waals surface area contributed by atoms with Crippen molar-refractivity contribution in [3.8, 4) is 0 Å². The van der Waals surface area contributed by atoms with Gasteiger partial charge in [0.2, 0.25) is 0 Å². The van der Waals surface area contributed by atoms with Crippen LogP contribution in [-0.2, 0) is 0 Å². The molecule has 0 saturated carbocycles. The minimum atomic E-state index is 0.513. The number of quaternary nitrogens is 1. The third-order valence-corrected chi connectivity index (χ3v) is 3.03. The molecule has 1 N–H and O–H groups in total. The number of likely N-dealkylation sites (tertiary alicyclic amines) is 1. The summed E-state index contributed by atoms with van der Waals surface area (Å²) in [7, 11) is 4.19. The van der Waals surface area contributed by atoms with Crippen LogP contribution in [0.15, 0.2) is 24.4 Å². The summed E-state index contributed by atoms with van der Waals surface area (Å²) < 4.78 is 0. The van der Waals surface area contributed by atoms with Crippen molar-refractivity contribution >= 4 is 0 Å². The van der Waals surface area contributed by atoms with Gasteiger partial charge in [-0.15, -0.1) is 0 Å². The topological polar surface area (TPSA) is 17.3 Å². The zero-order valence-corrected chi connectivity index (χ0v) is 8.58. The van der Waals surface area contributed by atoms with E-state index in [1.54, 1.807) is 0 Å². The van der Waals surface area contributed by atoms with Crippen LogP contribution >= 0.6 is 0 Å². The first-order valence-corrected chi connectivity index (χ1v) is 5.46. The minimum Gasteiger partial charge on any atom is -0.460 e. The van der Waals surface area contributed by atoms with E-state index in [1.165, 1.54) is 42.8 Å². The van der Waals surface area contributed by atoms with Gasteiger partial charge in [0.15, 0.2) is 0 Å². The lowest BCUT2D eigenvalue weighted by molar-refractivity contribution is -0.887. The van der Waals surface area contributed by atoms with E-state index >= 15 is 0 Å². The molecule has 0 spiro atoms. The number of hydrogen-bond donors (Lipinski definition) is 1. The van der Waals surface area contributed by atoms with Crippen molar-refractivity contribution in [3.63, 3.8) is 0 Å². The van der Waals surface area contributed by atoms with Gasteiger partial charge < -0.3 is 4.90 Å². The molecule has 2 atom stereocenters. The van der Waals surface area contributed by atoms with Gasteiger partial charge in [-0.2, -0.15) is 7.05 Å². The average Bonchev–Trinajstić information content (AvgIpc) is 2.44. The van der Waals surface area contributed by atoms with Crippen LogP contribution in [-0.4, -0.2) is 11.5 Å². The molecule has 76 valence electrons. The van der Waals surface area contributed by atoms with Crippen LogP contribution in [0.25, 0.3) is 0 Å². The van der Waals surface area contributed by atoms with E-state index in [0.717, 1.165) is 0 Å². The fourth-order valence-electron chi connectivity index (χ4n) is 2.19. The molecule has 1 aliphatic heterocycles. The highest BCUT2D eigenvalue weighted by Gasteiger charge is 2.19. The van der Waals surface area contributed by atoms with Crippen molar-refractivity contribution in [2.75, 3.05) is 6.54 Å². The van der Waals surface area contributed by atoms with Gasteiger partial charge in [0.05, 0.1) is 12.2 Å². The Balaban J connectivity index is 2.15. The van der Waals surface area contributed by atoms with Crippen molar-refractivity contribution in [3.05, 3.63) is 37.1 Å². The van der Waals surface area contributed by atoms with Gasteiger partial charge >= 0.3 is 0 Å². The smallest absolute Gasteiger partial charge is 0.106 e. The Morgan fingerprint density at radius 3 is 3.00 bits per heavy atom. The van der Waals surface area contributed by atoms with Gasteiger partial charge in [-0.1, -0.05) is 6.07 Å². The Morgan fingerprint density at radius 2 is 2.21 bits per heavy atom. The number of rotatable bonds is 1. The third kappa shape index (κ3) is 2.13. The van der Waals surface area contributed by atoms with E-state index in [-0.39, 0.29) is 0 Å². The van der Waals surface area contributed by atoms with E-state index in [1.807, 2.05) is 12.3 Å². The molecule has 2 unspecified atom stereocenters. The first-order chi connectivity index (χ1) is 6.88. The quantitative estimate of drug-likeness (QED) is 0.662. The van der Waals surface area contributed by atoms with Crippen molar-refractivity contribution in [1.82, 2.24) is 4.98 Å². The van der Waals surface area contributed by atoms with Crippen LogP contribution in [0.2, 0.25) is 0 Å². The van der Waals surface area contributed by atoms with Gasteiger partial charge in [-0.3, -0.25) is 4.98 Å². The standard InChI is InChI=1S/C12H18N2/c1-14-10-6-2-3-8-12(14)11-7-4-5-9-13-11/h4-5,7,9,12,14H,1-3,6,8,10H2. The Labute approximate surface area is 86.0 Å². The van der Waals surface area contributed by atoms with Gasteiger partial charge in [-0.25, -0.2) is 0 Å². The molecule has 1 aromatic heterocycles. The molecule has 0 aromatic carbocycles. The Hall–Kier alpha value is -0.890. The van der Waals surface area contributed by atoms with E-state index in [4.69, 9.17) is 0 Å². The molecule has 2 heteroatoms. The Bertz CT molecular complexity index is 271. The maximum Gasteiger partial charge on any atom is 0.106 e. The first kappa shape index (κ1) is 9.66. The largest absolute Gasteiger partial charge is 0.460 e. The summed E-state index contributed by atoms with van der Waals surface area (Å²) in [6, 6.07) is 6.68. The summed E-state index contributed by atoms with van der Waals surface area (Å²) in [6.45, 7) is 1.18. The predicted molar refractivity (Wildman–Crippen MR) is 56.6 cm³/mol. The number of aromatic nitrogens is 1. The highest BCUT2D eigenvalue weighted by molar-refractivity contribution is 5.06. The lowest BCUT2D eigenvalue weighted by Gasteiger charge is -2.28. The highest BCUT2D eigenvalue weighted by Crippen LogP contribution is 2.16. The SMILES string of the molecule is [CH2-][NH+]1CCCCCC1c1ccccn1. The van der Waals surface area contributed by atoms with E-state index in [0.29, 0.717) is 6.04 Å². The average molecular weight is 190 g/mol. The zero-order chi connectivity index (χ0) is 9.80. The van der Waals surface area contributed by atoms with Gasteiger partial charge in [0, 0.05) is 12.6 Å². The lowest BCUT2D eigenvalue weighted by Crippen LogP contribution is -3.07. The second kappa shape index (κ2) is 4.56. The molecule has 1 aliphatic rings. The Kier molecular flexibility index (Phi) is 3.14. The second-order valence-corrected chi connectivity index (χ2v) is 4.06. The maximum absolute atomic E-state index is 4.43. The normalized spacial score (nSPS) is 28.4. The van der Waals surface area contributed by atoms with Gasteiger partial charge in [0.25, 0.3) is 0 Å². The summed E-state index contributed by atoms with van der Waals surface area (Å²) in [6.07, 6.45) is 7.09. The van der Waals surface area contributed by atoms with Crippen molar-refractivity contribution in [1.29, 1.82) is 0 Å². The summed E-state index contributed by atoms with van der Waals surface area (Å²) in [5, 5.41) is 0. The zero-order valence-electron chi connectivity index (χ0n) is 8.58. The Morgan fingerprint density at radius 1 is 1.29 bits per heavy atom. The second-order valence-electron chi connectivity index (χ2n) is 4.06. The monoisotopic (exact) mass is 190 g/mol. The number of nitrogens with zero attached hydrogens (tertiary/aromatic N) is 1.